The van der Waals surface area contributed by atoms with Gasteiger partial charge >= 0.3 is 0 Å². The van der Waals surface area contributed by atoms with E-state index in [1.807, 2.05) is 17.5 Å². The lowest BCUT2D eigenvalue weighted by atomic mass is 10.1. The van der Waals surface area contributed by atoms with Gasteiger partial charge in [-0.05, 0) is 48.4 Å². The Labute approximate surface area is 151 Å². The molecule has 0 radical (unpaired) electrons. The molecule has 2 aromatic heterocycles. The second-order valence-corrected chi connectivity index (χ2v) is 7.15. The molecule has 0 N–H and O–H groups in total. The summed E-state index contributed by atoms with van der Waals surface area (Å²) in [6.07, 6.45) is 4.37. The summed E-state index contributed by atoms with van der Waals surface area (Å²) in [5, 5.41) is 10.3. The van der Waals surface area contributed by atoms with Gasteiger partial charge < -0.3 is 14.1 Å². The molecule has 130 valence electrons. The Morgan fingerprint density at radius 2 is 2.08 bits per heavy atom. The van der Waals surface area contributed by atoms with E-state index >= 15 is 0 Å². The van der Waals surface area contributed by atoms with Gasteiger partial charge in [0.05, 0.1) is 11.3 Å². The third-order valence-electron chi connectivity index (χ3n) is 4.54. The van der Waals surface area contributed by atoms with Crippen molar-refractivity contribution in [1.82, 2.24) is 10.2 Å². The predicted molar refractivity (Wildman–Crippen MR) is 98.9 cm³/mol. The quantitative estimate of drug-likeness (QED) is 0.681. The summed E-state index contributed by atoms with van der Waals surface area (Å²) >= 11 is 1.60. The number of methoxy groups -OCH3 is 1. The van der Waals surface area contributed by atoms with Crippen molar-refractivity contribution in [1.29, 1.82) is 0 Å². The van der Waals surface area contributed by atoms with Gasteiger partial charge in [0.1, 0.15) is 6.23 Å². The van der Waals surface area contributed by atoms with E-state index in [9.17, 15) is 0 Å². The lowest BCUT2D eigenvalue weighted by Crippen LogP contribution is -2.40. The van der Waals surface area contributed by atoms with Gasteiger partial charge in [-0.15, -0.1) is 21.5 Å². The van der Waals surface area contributed by atoms with Crippen molar-refractivity contribution >= 4 is 17.0 Å². The molecule has 1 unspecified atom stereocenters. The molecular formula is C19H21N3O2S. The first kappa shape index (κ1) is 16.3. The minimum Gasteiger partial charge on any atom is -0.420 e. The molecule has 3 heterocycles. The Bertz CT molecular complexity index is 798. The van der Waals surface area contributed by atoms with Gasteiger partial charge in [0.2, 0.25) is 5.89 Å². The largest absolute Gasteiger partial charge is 0.420 e. The summed E-state index contributed by atoms with van der Waals surface area (Å²) in [6.45, 7) is 1.05. The first-order chi connectivity index (χ1) is 12.3. The van der Waals surface area contributed by atoms with Crippen molar-refractivity contribution < 1.29 is 9.15 Å². The second kappa shape index (κ2) is 7.37. The fourth-order valence-electron chi connectivity index (χ4n) is 3.25. The van der Waals surface area contributed by atoms with Crippen LogP contribution < -0.4 is 4.90 Å². The van der Waals surface area contributed by atoms with Gasteiger partial charge in [0, 0.05) is 19.3 Å². The number of benzene rings is 1. The number of piperidine rings is 1. The van der Waals surface area contributed by atoms with Crippen molar-refractivity contribution in [2.24, 2.45) is 0 Å². The van der Waals surface area contributed by atoms with Gasteiger partial charge in [-0.3, -0.25) is 0 Å². The van der Waals surface area contributed by atoms with E-state index < -0.39 is 0 Å². The minimum absolute atomic E-state index is 0.184. The van der Waals surface area contributed by atoms with Crippen molar-refractivity contribution in [3.05, 3.63) is 53.2 Å². The smallest absolute Gasteiger partial charge is 0.257 e. The van der Waals surface area contributed by atoms with E-state index in [0.717, 1.165) is 23.4 Å². The molecule has 1 aliphatic rings. The summed E-state index contributed by atoms with van der Waals surface area (Å²) in [7, 11) is 1.79. The molecule has 1 aromatic carbocycles. The van der Waals surface area contributed by atoms with Gasteiger partial charge in [0.25, 0.3) is 5.89 Å². The van der Waals surface area contributed by atoms with Crippen molar-refractivity contribution in [2.75, 3.05) is 18.6 Å². The van der Waals surface area contributed by atoms with Crippen LogP contribution in [0, 0.1) is 0 Å². The summed E-state index contributed by atoms with van der Waals surface area (Å²) in [5.74, 6) is 1.24. The Morgan fingerprint density at radius 3 is 2.84 bits per heavy atom. The number of thiophene rings is 1. The summed E-state index contributed by atoms with van der Waals surface area (Å²) in [5.41, 5.74) is 2.37. The Kier molecular flexibility index (Phi) is 4.81. The number of hydrogen-bond donors (Lipinski definition) is 0. The lowest BCUT2D eigenvalue weighted by Gasteiger charge is -2.36. The van der Waals surface area contributed by atoms with Crippen molar-refractivity contribution in [3.8, 4) is 10.8 Å². The number of nitrogens with zero attached hydrogens (tertiary/aromatic N) is 3. The van der Waals surface area contributed by atoms with E-state index in [1.165, 1.54) is 18.5 Å². The number of aromatic nitrogens is 2. The van der Waals surface area contributed by atoms with E-state index in [4.69, 9.17) is 9.15 Å². The Balaban J connectivity index is 1.45. The van der Waals surface area contributed by atoms with Crippen LogP contribution in [0.3, 0.4) is 0 Å². The van der Waals surface area contributed by atoms with Crippen LogP contribution in [-0.4, -0.2) is 30.1 Å². The molecule has 1 atom stereocenters. The molecule has 0 saturated carbocycles. The molecule has 1 fully saturated rings. The molecule has 5 nitrogen and oxygen atoms in total. The van der Waals surface area contributed by atoms with Crippen LogP contribution in [0.5, 0.6) is 0 Å². The van der Waals surface area contributed by atoms with E-state index in [2.05, 4.69) is 39.4 Å². The normalized spacial score (nSPS) is 17.8. The first-order valence-electron chi connectivity index (χ1n) is 8.58. The van der Waals surface area contributed by atoms with Crippen LogP contribution in [-0.2, 0) is 11.2 Å². The molecule has 4 rings (SSSR count). The van der Waals surface area contributed by atoms with Crippen LogP contribution >= 0.6 is 11.3 Å². The van der Waals surface area contributed by atoms with E-state index in [-0.39, 0.29) is 6.23 Å². The highest BCUT2D eigenvalue weighted by atomic mass is 32.1. The van der Waals surface area contributed by atoms with Gasteiger partial charge in [0.15, 0.2) is 0 Å². The van der Waals surface area contributed by atoms with Crippen LogP contribution in [0.15, 0.2) is 46.2 Å². The number of anilines is 1. The highest BCUT2D eigenvalue weighted by Gasteiger charge is 2.22. The zero-order chi connectivity index (χ0) is 17.1. The molecule has 3 aromatic rings. The van der Waals surface area contributed by atoms with Crippen LogP contribution in [0.2, 0.25) is 0 Å². The third kappa shape index (κ3) is 3.60. The van der Waals surface area contributed by atoms with Crippen LogP contribution in [0.25, 0.3) is 10.8 Å². The lowest BCUT2D eigenvalue weighted by molar-refractivity contribution is 0.0784. The maximum absolute atomic E-state index is 5.77. The topological polar surface area (TPSA) is 51.4 Å². The monoisotopic (exact) mass is 355 g/mol. The third-order valence-corrected chi connectivity index (χ3v) is 5.40. The molecule has 0 spiro atoms. The van der Waals surface area contributed by atoms with Crippen LogP contribution in [0.1, 0.15) is 30.7 Å². The van der Waals surface area contributed by atoms with Gasteiger partial charge in [-0.2, -0.15) is 0 Å². The standard InChI is InChI=1S/C19H21N3O2S/c1-23-18-6-2-3-11-22(18)15-9-7-14(8-10-15)13-17-20-21-19(24-17)16-5-4-12-25-16/h4-5,7-10,12,18H,2-3,6,11,13H2,1H3. The minimum atomic E-state index is 0.184. The molecule has 0 amide bonds. The average molecular weight is 355 g/mol. The fourth-order valence-corrected chi connectivity index (χ4v) is 3.89. The summed E-state index contributed by atoms with van der Waals surface area (Å²) < 4.78 is 11.4. The van der Waals surface area contributed by atoms with Gasteiger partial charge in [-0.1, -0.05) is 18.2 Å². The molecule has 1 saturated heterocycles. The number of hydrogen-bond acceptors (Lipinski definition) is 6. The summed E-state index contributed by atoms with van der Waals surface area (Å²) in [6, 6.07) is 12.5. The fraction of sp³-hybridized carbons (Fsp3) is 0.368. The Hall–Kier alpha value is -2.18. The first-order valence-corrected chi connectivity index (χ1v) is 9.46. The summed E-state index contributed by atoms with van der Waals surface area (Å²) in [4.78, 5) is 3.35. The molecule has 0 aliphatic carbocycles. The highest BCUT2D eigenvalue weighted by Crippen LogP contribution is 2.27. The van der Waals surface area contributed by atoms with Gasteiger partial charge in [-0.25, -0.2) is 0 Å². The van der Waals surface area contributed by atoms with Crippen LogP contribution in [0.4, 0.5) is 5.69 Å². The maximum Gasteiger partial charge on any atom is 0.257 e. The molecular weight excluding hydrogens is 334 g/mol. The molecule has 0 bridgehead atoms. The molecule has 1 aliphatic heterocycles. The maximum atomic E-state index is 5.77. The zero-order valence-corrected chi connectivity index (χ0v) is 15.0. The average Bonchev–Trinajstić information content (AvgIpc) is 3.34. The molecule has 25 heavy (non-hydrogen) atoms. The second-order valence-electron chi connectivity index (χ2n) is 6.20. The number of ether oxygens (including phenoxy) is 1. The van der Waals surface area contributed by atoms with E-state index in [1.54, 1.807) is 18.4 Å². The number of rotatable bonds is 5. The molecule has 6 heteroatoms. The van der Waals surface area contributed by atoms with Crippen molar-refractivity contribution in [2.45, 2.75) is 31.9 Å². The Morgan fingerprint density at radius 1 is 1.20 bits per heavy atom. The SMILES string of the molecule is COC1CCCCN1c1ccc(Cc2nnc(-c3cccs3)o2)cc1. The van der Waals surface area contributed by atoms with E-state index in [0.29, 0.717) is 18.2 Å². The van der Waals surface area contributed by atoms with Crippen molar-refractivity contribution in [3.63, 3.8) is 0 Å². The predicted octanol–water partition coefficient (Wildman–Crippen LogP) is 4.35. The zero-order valence-electron chi connectivity index (χ0n) is 14.2. The highest BCUT2D eigenvalue weighted by molar-refractivity contribution is 7.13.